The van der Waals surface area contributed by atoms with Gasteiger partial charge in [-0.05, 0) is 22.9 Å². The van der Waals surface area contributed by atoms with Crippen LogP contribution in [0.4, 0.5) is 0 Å². The number of rotatable bonds is 6. The minimum Gasteiger partial charge on any atom is -0.344 e. The maximum atomic E-state index is 12.5. The first kappa shape index (κ1) is 15.7. The highest BCUT2D eigenvalue weighted by molar-refractivity contribution is 7.10. The minimum atomic E-state index is -0.156. The third kappa shape index (κ3) is 3.93. The SMILES string of the molecule is CC(C)C(CN)C(=O)NC(c1ccccc1)c1cccs1. The number of benzene rings is 1. The molecule has 2 atom stereocenters. The van der Waals surface area contributed by atoms with Crippen molar-refractivity contribution in [3.8, 4) is 0 Å². The van der Waals surface area contributed by atoms with Gasteiger partial charge < -0.3 is 11.1 Å². The van der Waals surface area contributed by atoms with Gasteiger partial charge in [-0.1, -0.05) is 50.2 Å². The maximum absolute atomic E-state index is 12.5. The number of hydrogen-bond acceptors (Lipinski definition) is 3. The van der Waals surface area contributed by atoms with Gasteiger partial charge in [0.15, 0.2) is 0 Å². The molecule has 3 N–H and O–H groups in total. The van der Waals surface area contributed by atoms with Crippen molar-refractivity contribution in [2.45, 2.75) is 19.9 Å². The summed E-state index contributed by atoms with van der Waals surface area (Å²) in [6.45, 7) is 4.43. The molecule has 0 saturated heterocycles. The lowest BCUT2D eigenvalue weighted by atomic mass is 9.94. The van der Waals surface area contributed by atoms with Crippen LogP contribution in [0.1, 0.15) is 30.3 Å². The summed E-state index contributed by atoms with van der Waals surface area (Å²) in [5.41, 5.74) is 6.84. The van der Waals surface area contributed by atoms with Gasteiger partial charge in [-0.3, -0.25) is 4.79 Å². The molecule has 0 aliphatic carbocycles. The second-order valence-electron chi connectivity index (χ2n) is 5.45. The molecule has 2 rings (SSSR count). The van der Waals surface area contributed by atoms with Crippen molar-refractivity contribution in [2.24, 2.45) is 17.6 Å². The standard InChI is InChI=1S/C17H22N2OS/c1-12(2)14(11-18)17(20)19-16(15-9-6-10-21-15)13-7-4-3-5-8-13/h3-10,12,14,16H,11,18H2,1-2H3,(H,19,20). The predicted octanol–water partition coefficient (Wildman–Crippen LogP) is 3.18. The van der Waals surface area contributed by atoms with Crippen molar-refractivity contribution < 1.29 is 4.79 Å². The molecule has 0 fully saturated rings. The monoisotopic (exact) mass is 302 g/mol. The summed E-state index contributed by atoms with van der Waals surface area (Å²) >= 11 is 1.65. The lowest BCUT2D eigenvalue weighted by molar-refractivity contribution is -0.126. The van der Waals surface area contributed by atoms with Crippen LogP contribution in [0.3, 0.4) is 0 Å². The summed E-state index contributed by atoms with van der Waals surface area (Å²) in [6, 6.07) is 14.0. The molecule has 1 aromatic carbocycles. The normalized spacial score (nSPS) is 13.9. The molecule has 112 valence electrons. The fourth-order valence-electron chi connectivity index (χ4n) is 2.35. The van der Waals surface area contributed by atoms with Gasteiger partial charge in [-0.15, -0.1) is 11.3 Å². The van der Waals surface area contributed by atoms with E-state index in [0.29, 0.717) is 6.54 Å². The summed E-state index contributed by atoms with van der Waals surface area (Å²) in [7, 11) is 0. The molecule has 0 bridgehead atoms. The third-order valence-corrected chi connectivity index (χ3v) is 4.58. The smallest absolute Gasteiger partial charge is 0.225 e. The highest BCUT2D eigenvalue weighted by Gasteiger charge is 2.25. The Bertz CT molecular complexity index is 551. The van der Waals surface area contributed by atoms with E-state index in [9.17, 15) is 4.79 Å². The summed E-state index contributed by atoms with van der Waals surface area (Å²) in [4.78, 5) is 13.6. The first-order valence-electron chi connectivity index (χ1n) is 7.22. The van der Waals surface area contributed by atoms with Crippen LogP contribution in [0.5, 0.6) is 0 Å². The summed E-state index contributed by atoms with van der Waals surface area (Å²) in [5.74, 6) is 0.0979. The molecular weight excluding hydrogens is 280 g/mol. The highest BCUT2D eigenvalue weighted by atomic mass is 32.1. The Morgan fingerprint density at radius 1 is 1.19 bits per heavy atom. The highest BCUT2D eigenvalue weighted by Crippen LogP contribution is 2.26. The number of hydrogen-bond donors (Lipinski definition) is 2. The Labute approximate surface area is 130 Å². The number of nitrogens with two attached hydrogens (primary N) is 1. The van der Waals surface area contributed by atoms with Gasteiger partial charge >= 0.3 is 0 Å². The van der Waals surface area contributed by atoms with Crippen molar-refractivity contribution in [3.63, 3.8) is 0 Å². The fraction of sp³-hybridized carbons (Fsp3) is 0.353. The summed E-state index contributed by atoms with van der Waals surface area (Å²) in [5, 5.41) is 5.19. The van der Waals surface area contributed by atoms with Crippen molar-refractivity contribution in [3.05, 3.63) is 58.3 Å². The van der Waals surface area contributed by atoms with Crippen LogP contribution in [0, 0.1) is 11.8 Å². The molecule has 3 nitrogen and oxygen atoms in total. The van der Waals surface area contributed by atoms with Crippen LogP contribution in [0.25, 0.3) is 0 Å². The van der Waals surface area contributed by atoms with E-state index in [1.54, 1.807) is 11.3 Å². The van der Waals surface area contributed by atoms with Crippen LogP contribution in [0.2, 0.25) is 0 Å². The zero-order valence-corrected chi connectivity index (χ0v) is 13.3. The molecule has 0 aliphatic rings. The molecule has 1 amide bonds. The average molecular weight is 302 g/mol. The Morgan fingerprint density at radius 2 is 1.90 bits per heavy atom. The minimum absolute atomic E-state index is 0.0229. The van der Waals surface area contributed by atoms with Gasteiger partial charge in [-0.25, -0.2) is 0 Å². The predicted molar refractivity (Wildman–Crippen MR) is 88.1 cm³/mol. The molecule has 1 heterocycles. The lowest BCUT2D eigenvalue weighted by Crippen LogP contribution is -2.39. The van der Waals surface area contributed by atoms with Gasteiger partial charge in [0.2, 0.25) is 5.91 Å². The summed E-state index contributed by atoms with van der Waals surface area (Å²) in [6.07, 6.45) is 0. The van der Waals surface area contributed by atoms with Gasteiger partial charge in [0, 0.05) is 11.4 Å². The fourth-order valence-corrected chi connectivity index (χ4v) is 3.15. The van der Waals surface area contributed by atoms with Gasteiger partial charge in [0.1, 0.15) is 0 Å². The van der Waals surface area contributed by atoms with Crippen LogP contribution in [-0.4, -0.2) is 12.5 Å². The van der Waals surface area contributed by atoms with Crippen LogP contribution >= 0.6 is 11.3 Å². The molecule has 1 aromatic heterocycles. The van der Waals surface area contributed by atoms with Crippen molar-refractivity contribution >= 4 is 17.2 Å². The van der Waals surface area contributed by atoms with Crippen LogP contribution in [0.15, 0.2) is 47.8 Å². The second-order valence-corrected chi connectivity index (χ2v) is 6.43. The number of nitrogens with one attached hydrogen (secondary N) is 1. The zero-order chi connectivity index (χ0) is 15.2. The maximum Gasteiger partial charge on any atom is 0.225 e. The quantitative estimate of drug-likeness (QED) is 0.861. The zero-order valence-electron chi connectivity index (χ0n) is 12.5. The average Bonchev–Trinajstić information content (AvgIpc) is 3.00. The largest absolute Gasteiger partial charge is 0.344 e. The Morgan fingerprint density at radius 3 is 2.43 bits per heavy atom. The lowest BCUT2D eigenvalue weighted by Gasteiger charge is -2.23. The molecule has 21 heavy (non-hydrogen) atoms. The van der Waals surface area contributed by atoms with Crippen molar-refractivity contribution in [1.82, 2.24) is 5.32 Å². The van der Waals surface area contributed by atoms with E-state index >= 15 is 0 Å². The van der Waals surface area contributed by atoms with Gasteiger partial charge in [0.05, 0.1) is 12.0 Å². The first-order valence-corrected chi connectivity index (χ1v) is 8.10. The molecular formula is C17H22N2OS. The van der Waals surface area contributed by atoms with E-state index in [1.807, 2.05) is 55.6 Å². The van der Waals surface area contributed by atoms with Crippen LogP contribution < -0.4 is 11.1 Å². The molecule has 4 heteroatoms. The van der Waals surface area contributed by atoms with E-state index in [0.717, 1.165) is 10.4 Å². The van der Waals surface area contributed by atoms with Crippen molar-refractivity contribution in [2.75, 3.05) is 6.54 Å². The Kier molecular flexibility index (Phi) is 5.53. The third-order valence-electron chi connectivity index (χ3n) is 3.64. The first-order chi connectivity index (χ1) is 10.1. The summed E-state index contributed by atoms with van der Waals surface area (Å²) < 4.78 is 0. The molecule has 0 spiro atoms. The van der Waals surface area contributed by atoms with E-state index in [4.69, 9.17) is 5.73 Å². The molecule has 2 aromatic rings. The molecule has 0 radical (unpaired) electrons. The number of amides is 1. The molecule has 2 unspecified atom stereocenters. The van der Waals surface area contributed by atoms with Crippen LogP contribution in [-0.2, 0) is 4.79 Å². The Balaban J connectivity index is 2.24. The van der Waals surface area contributed by atoms with Gasteiger partial charge in [0.25, 0.3) is 0 Å². The molecule has 0 aliphatic heterocycles. The van der Waals surface area contributed by atoms with Crippen molar-refractivity contribution in [1.29, 1.82) is 0 Å². The van der Waals surface area contributed by atoms with E-state index in [2.05, 4.69) is 11.4 Å². The van der Waals surface area contributed by atoms with E-state index < -0.39 is 0 Å². The topological polar surface area (TPSA) is 55.1 Å². The number of carbonyl (C=O) groups is 1. The number of thiophene rings is 1. The second kappa shape index (κ2) is 7.38. The van der Waals surface area contributed by atoms with E-state index in [-0.39, 0.29) is 23.8 Å². The molecule has 0 saturated carbocycles. The van der Waals surface area contributed by atoms with E-state index in [1.165, 1.54) is 0 Å². The number of carbonyl (C=O) groups excluding carboxylic acids is 1. The Hall–Kier alpha value is -1.65. The van der Waals surface area contributed by atoms with Gasteiger partial charge in [-0.2, -0.15) is 0 Å².